The molecule has 14 nitrogen and oxygen atoms in total. The molecule has 2 rings (SSSR count). The Bertz CT molecular complexity index is 1190. The molecule has 1 aliphatic heterocycles. The van der Waals surface area contributed by atoms with Crippen molar-refractivity contribution < 1.29 is 67.8 Å². The molecule has 0 spiro atoms. The summed E-state index contributed by atoms with van der Waals surface area (Å²) in [6.45, 7) is -2.97. The number of phosphoric ester groups is 1. The highest BCUT2D eigenvalue weighted by atomic mass is 32.1. The Hall–Kier alpha value is -0.290. The zero-order valence-electron chi connectivity index (χ0n) is 16.8. The zero-order chi connectivity index (χ0) is 25.8. The quantitative estimate of drug-likeness (QED) is 0.201. The van der Waals surface area contributed by atoms with E-state index >= 15 is 4.39 Å². The fraction of sp³-hybridized carbons (Fsp3) is 0.600. The third-order valence-electron chi connectivity index (χ3n) is 3.50. The predicted octanol–water partition coefficient (Wildman–Crippen LogP) is 1.74. The summed E-state index contributed by atoms with van der Waals surface area (Å²) in [5.74, 6) is -1.09. The summed E-state index contributed by atoms with van der Waals surface area (Å²) in [4.78, 5) is 37.9. The van der Waals surface area contributed by atoms with Crippen LogP contribution in [0.1, 0.15) is 15.9 Å². The van der Waals surface area contributed by atoms with Gasteiger partial charge in [0.05, 0.1) is 9.30 Å². The summed E-state index contributed by atoms with van der Waals surface area (Å²) in [5.41, 5.74) is -2.93. The highest BCUT2D eigenvalue weighted by Crippen LogP contribution is 2.66. The number of hydrogen-bond donors (Lipinski definition) is 6. The van der Waals surface area contributed by atoms with Crippen molar-refractivity contribution in [2.45, 2.75) is 31.0 Å². The molecule has 2 heterocycles. The molecule has 1 aliphatic rings. The lowest BCUT2D eigenvalue weighted by Crippen LogP contribution is -2.41. The molecule has 31 heavy (non-hydrogen) atoms. The number of H-pyrrole nitrogens is 1. The topological polar surface area (TPSA) is 210 Å². The first-order valence-corrected chi connectivity index (χ1v) is 12.8. The summed E-state index contributed by atoms with van der Waals surface area (Å²) in [5, 5.41) is 10.2. The number of aliphatic hydroxyl groups is 1. The zero-order valence-corrected chi connectivity index (χ0v) is 19.1. The number of halogens is 2. The minimum atomic E-state index is -6.04. The van der Waals surface area contributed by atoms with E-state index in [4.69, 9.17) is 34.4 Å². The van der Waals surface area contributed by atoms with Crippen LogP contribution < -0.4 is 0 Å². The van der Waals surface area contributed by atoms with E-state index in [-0.39, 0.29) is 0 Å². The molecule has 1 fully saturated rings. The average Bonchev–Trinajstić information content (AvgIpc) is 2.77. The van der Waals surface area contributed by atoms with Gasteiger partial charge in [-0.15, -0.1) is 0 Å². The van der Waals surface area contributed by atoms with E-state index in [1.807, 2.05) is 0 Å². The average molecular weight is 552 g/mol. The number of aliphatic hydroxyl groups excluding tert-OH is 1. The Morgan fingerprint density at radius 2 is 1.87 bits per heavy atom. The highest BCUT2D eigenvalue weighted by Gasteiger charge is 2.55. The molecule has 3 unspecified atom stereocenters. The van der Waals surface area contributed by atoms with Crippen LogP contribution in [0.2, 0.25) is 0 Å². The maximum Gasteiger partial charge on any atom is 0.490 e. The van der Waals surface area contributed by atoms with E-state index in [9.17, 15) is 28.1 Å². The Morgan fingerprint density at radius 3 is 2.42 bits per heavy atom. The van der Waals surface area contributed by atoms with E-state index in [0.717, 1.165) is 0 Å². The number of phosphoric acid groups is 3. The first-order chi connectivity index (χ1) is 14.6. The maximum atomic E-state index is 15.3. The minimum absolute atomic E-state index is 0.406. The number of ether oxygens (including phenoxy) is 1. The minimum Gasteiger partial charge on any atom is -0.387 e. The number of rotatable bonds is 8. The highest BCUT2D eigenvalue weighted by molar-refractivity contribution is 7.72. The number of aromatic amines is 1. The van der Waals surface area contributed by atoms with Crippen LogP contribution in [0.3, 0.4) is 0 Å². The maximum absolute atomic E-state index is 15.3. The second-order valence-electron chi connectivity index (χ2n) is 5.95. The van der Waals surface area contributed by atoms with E-state index < -0.39 is 69.4 Å². The van der Waals surface area contributed by atoms with E-state index in [1.54, 1.807) is 0 Å². The van der Waals surface area contributed by atoms with Crippen molar-refractivity contribution in [1.82, 2.24) is 9.55 Å². The van der Waals surface area contributed by atoms with Crippen molar-refractivity contribution in [1.29, 1.82) is 0 Å². The molecule has 0 radical (unpaired) electrons. The molecule has 178 valence electrons. The number of alkyl halides is 1. The van der Waals surface area contributed by atoms with Crippen molar-refractivity contribution in [3.05, 3.63) is 21.4 Å². The fourth-order valence-electron chi connectivity index (χ4n) is 2.27. The van der Waals surface area contributed by atoms with Gasteiger partial charge in [-0.05, 0) is 19.1 Å². The third-order valence-corrected chi connectivity index (χ3v) is 7.77. The lowest BCUT2D eigenvalue weighted by atomic mass is 9.98. The van der Waals surface area contributed by atoms with Gasteiger partial charge >= 0.3 is 23.5 Å². The van der Waals surface area contributed by atoms with Crippen LogP contribution in [0.4, 0.5) is 8.78 Å². The van der Waals surface area contributed by atoms with Gasteiger partial charge in [0.1, 0.15) is 16.8 Å². The first kappa shape index (κ1) is 23.9. The largest absolute Gasteiger partial charge is 0.490 e. The Morgan fingerprint density at radius 1 is 1.29 bits per heavy atom. The van der Waals surface area contributed by atoms with Crippen LogP contribution in [0, 0.1) is 15.2 Å². The van der Waals surface area contributed by atoms with Crippen molar-refractivity contribution >= 4 is 47.9 Å². The lowest BCUT2D eigenvalue weighted by molar-refractivity contribution is -0.0598. The SMILES string of the molecule is [2H]C([2H])(OP(=O)(O)OP(=O)(O)OP(=O)(O)O)[C@H]1O[C@@H](n2cc(F)c(=S)[nH]c2=S)C(C)(F)[C@H]1O. The van der Waals surface area contributed by atoms with Gasteiger partial charge in [0.25, 0.3) is 0 Å². The van der Waals surface area contributed by atoms with Gasteiger partial charge in [-0.1, -0.05) is 12.2 Å². The van der Waals surface area contributed by atoms with Gasteiger partial charge in [-0.3, -0.25) is 9.09 Å². The van der Waals surface area contributed by atoms with Gasteiger partial charge in [0.15, 0.2) is 22.5 Å². The molecule has 0 aliphatic carbocycles. The lowest BCUT2D eigenvalue weighted by Gasteiger charge is -2.25. The molecule has 0 bridgehead atoms. The van der Waals surface area contributed by atoms with Gasteiger partial charge in [0, 0.05) is 6.20 Å². The Labute approximate surface area is 184 Å². The summed E-state index contributed by atoms with van der Waals surface area (Å²) in [6.07, 6.45) is -6.38. The van der Waals surface area contributed by atoms with Crippen LogP contribution in [0.15, 0.2) is 6.20 Å². The molecule has 0 aromatic carbocycles. The normalized spacial score (nSPS) is 32.1. The van der Waals surface area contributed by atoms with Crippen LogP contribution >= 0.6 is 47.9 Å². The van der Waals surface area contributed by atoms with Gasteiger partial charge < -0.3 is 34.4 Å². The molecule has 6 atom stereocenters. The third kappa shape index (κ3) is 6.85. The number of aromatic nitrogens is 2. The van der Waals surface area contributed by atoms with Crippen molar-refractivity contribution in [2.24, 2.45) is 0 Å². The van der Waals surface area contributed by atoms with Gasteiger partial charge in [-0.2, -0.15) is 8.62 Å². The smallest absolute Gasteiger partial charge is 0.387 e. The number of hydrogen-bond acceptors (Lipinski definition) is 10. The standard InChI is InChI=1S/C10H15F2N2O12P3S2/c1-10(12)6(15)5(24-8(10)14-2-4(11)7(30)13-9(14)31)3-23-28(19,20)26-29(21,22)25-27(16,17)18/h2,5-6,8,15H,3H2,1H3,(H,19,20)(H,21,22)(H,13,30,31)(H2,16,17,18)/t5-,6+,8-,10?/m1/s1/i3D2. The second kappa shape index (κ2) is 9.16. The Balaban J connectivity index is 2.34. The molecule has 0 saturated carbocycles. The summed E-state index contributed by atoms with van der Waals surface area (Å²) in [7, 11) is -17.7. The van der Waals surface area contributed by atoms with E-state index in [2.05, 4.69) is 30.3 Å². The van der Waals surface area contributed by atoms with E-state index in [0.29, 0.717) is 17.7 Å². The number of nitrogens with zero attached hydrogens (tertiary/aromatic N) is 1. The molecular weight excluding hydrogens is 535 g/mol. The number of nitrogens with one attached hydrogen (secondary N) is 1. The van der Waals surface area contributed by atoms with Crippen LogP contribution in [0.25, 0.3) is 0 Å². The molecule has 1 aromatic heterocycles. The summed E-state index contributed by atoms with van der Waals surface area (Å²) in [6, 6.07) is 0. The molecule has 6 N–H and O–H groups in total. The van der Waals surface area contributed by atoms with Crippen LogP contribution in [-0.4, -0.2) is 58.7 Å². The van der Waals surface area contributed by atoms with Gasteiger partial charge in [0.2, 0.25) is 0 Å². The fourth-order valence-corrected chi connectivity index (χ4v) is 5.61. The second-order valence-corrected chi connectivity index (χ2v) is 11.1. The van der Waals surface area contributed by atoms with Gasteiger partial charge in [-0.25, -0.2) is 22.5 Å². The molecule has 0 amide bonds. The summed E-state index contributed by atoms with van der Waals surface area (Å²) < 4.78 is 94.3. The van der Waals surface area contributed by atoms with Crippen LogP contribution in [-0.2, 0) is 31.6 Å². The predicted molar refractivity (Wildman–Crippen MR) is 99.7 cm³/mol. The molecule has 1 saturated heterocycles. The first-order valence-electron chi connectivity index (χ1n) is 8.46. The Kier molecular flexibility index (Phi) is 7.05. The monoisotopic (exact) mass is 552 g/mol. The molecular formula is C10H15F2N2O12P3S2. The van der Waals surface area contributed by atoms with Crippen molar-refractivity contribution in [3.63, 3.8) is 0 Å². The molecule has 1 aromatic rings. The van der Waals surface area contributed by atoms with Crippen molar-refractivity contribution in [2.75, 3.05) is 6.56 Å². The van der Waals surface area contributed by atoms with Crippen molar-refractivity contribution in [3.8, 4) is 0 Å². The van der Waals surface area contributed by atoms with Crippen LogP contribution in [0.5, 0.6) is 0 Å². The molecule has 21 heteroatoms. The van der Waals surface area contributed by atoms with E-state index in [1.165, 1.54) is 0 Å². The summed E-state index contributed by atoms with van der Waals surface area (Å²) >= 11 is 9.50.